The molecule has 0 radical (unpaired) electrons. The maximum absolute atomic E-state index is 14.0. The highest BCUT2D eigenvalue weighted by Crippen LogP contribution is 2.70. The Bertz CT molecular complexity index is 3040. The predicted molar refractivity (Wildman–Crippen MR) is 287 cm³/mol. The number of benzene rings is 2. The minimum absolute atomic E-state index is 0.0105. The second-order valence-electron chi connectivity index (χ2n) is 24.6. The number of carbonyl (C=O) groups is 8. The second kappa shape index (κ2) is 22.4. The van der Waals surface area contributed by atoms with E-state index in [1.165, 1.54) is 18.2 Å². The fourth-order valence-electron chi connectivity index (χ4n) is 15.7. The van der Waals surface area contributed by atoms with Gasteiger partial charge in [-0.2, -0.15) is 0 Å². The molecule has 0 bridgehead atoms. The number of ether oxygens (including phenoxy) is 5. The molecule has 0 aromatic heterocycles. The van der Waals surface area contributed by atoms with Crippen LogP contribution in [0.15, 0.2) is 78.4 Å². The number of aliphatic carboxylic acids is 1. The average molecular weight is 1150 g/mol. The summed E-state index contributed by atoms with van der Waals surface area (Å²) in [4.78, 5) is 101. The number of nitrogens with one attached hydrogen (secondary N) is 3. The maximum atomic E-state index is 14.0. The van der Waals surface area contributed by atoms with Crippen LogP contribution in [0.5, 0.6) is 5.75 Å². The van der Waals surface area contributed by atoms with Crippen LogP contribution in [-0.4, -0.2) is 157 Å². The Kier molecular flexibility index (Phi) is 15.7. The van der Waals surface area contributed by atoms with Crippen molar-refractivity contribution in [3.8, 4) is 5.75 Å². The lowest BCUT2D eigenvalue weighted by molar-refractivity contribution is -0.271. The number of anilines is 1. The summed E-state index contributed by atoms with van der Waals surface area (Å²) in [5.74, 6) is -4.17. The average Bonchev–Trinajstić information content (AvgIpc) is 1.58. The molecule has 2 aromatic rings. The van der Waals surface area contributed by atoms with Crippen molar-refractivity contribution in [2.45, 2.75) is 152 Å². The zero-order valence-corrected chi connectivity index (χ0v) is 46.0. The lowest BCUT2D eigenvalue weighted by atomic mass is 9.46. The minimum atomic E-state index is -1.98. The number of amides is 5. The standard InChI is InChI=1S/C60H70N4O19/c1-57-16-13-36(66)21-34(57)8-9-37-38-22-43-60(42(68)28-65,58(38,2)27-40(67)48(37)57)83-54(81-43)33-6-3-30(4-7-33)19-32-23-59(24-32)25-35(26-59)62-56(78)79-29-31-5-10-41(80-55-51(75)49(73)50(74)52(82-55)53(76)77)39(20-31)63-45(70)14-17-61-44(69)15-18-64-46(71)11-12-47(64)72/h3-7,10-13,16,20-21,32,35,37-38,40,43,48-52,54-55,65,67,73-75H,8-9,14-15,17-19,22-29H2,1-2H3,(H,61,69)(H,62,78)(H,63,70)(H,76,77)/t32?,35?,37-,38-,40-,43+,48+,49-,50-,51+,52-,54-,55+,57-,58-,59?,60+/m0/s1. The molecule has 2 saturated heterocycles. The number of nitrogens with zero attached hydrogens (tertiary/aromatic N) is 1. The van der Waals surface area contributed by atoms with Crippen molar-refractivity contribution in [3.05, 3.63) is 95.1 Å². The molecule has 3 aliphatic heterocycles. The smallest absolute Gasteiger partial charge is 0.407 e. The number of aliphatic hydroxyl groups is 5. The van der Waals surface area contributed by atoms with E-state index in [4.69, 9.17) is 23.7 Å². The molecule has 14 atom stereocenters. The van der Waals surface area contributed by atoms with Gasteiger partial charge in [0.05, 0.1) is 17.9 Å². The molecule has 11 rings (SSSR count). The van der Waals surface area contributed by atoms with Crippen molar-refractivity contribution < 1.29 is 92.7 Å². The number of ketones is 2. The number of hydrogen-bond donors (Lipinski definition) is 9. The Morgan fingerprint density at radius 1 is 0.831 bits per heavy atom. The highest BCUT2D eigenvalue weighted by molar-refractivity contribution is 6.13. The number of imide groups is 1. The molecule has 3 heterocycles. The van der Waals surface area contributed by atoms with E-state index in [0.29, 0.717) is 24.3 Å². The molecule has 6 aliphatic carbocycles. The number of rotatable bonds is 18. The monoisotopic (exact) mass is 1150 g/mol. The molecule has 9 aliphatic rings. The fraction of sp³-hybridized carbons (Fsp3) is 0.567. The van der Waals surface area contributed by atoms with Crippen LogP contribution < -0.4 is 20.7 Å². The number of aliphatic hydroxyl groups excluding tert-OH is 5. The second-order valence-corrected chi connectivity index (χ2v) is 24.6. The van der Waals surface area contributed by atoms with E-state index >= 15 is 0 Å². The minimum Gasteiger partial charge on any atom is -0.479 e. The molecule has 444 valence electrons. The molecule has 83 heavy (non-hydrogen) atoms. The Balaban J connectivity index is 0.651. The summed E-state index contributed by atoms with van der Waals surface area (Å²) in [6, 6.07) is 12.1. The van der Waals surface area contributed by atoms with Crippen LogP contribution in [0.1, 0.15) is 101 Å². The van der Waals surface area contributed by atoms with Gasteiger partial charge in [-0.15, -0.1) is 0 Å². The predicted octanol–water partition coefficient (Wildman–Crippen LogP) is 2.35. The number of alkyl carbamates (subject to hydrolysis) is 1. The van der Waals surface area contributed by atoms with Gasteiger partial charge < -0.3 is 70.3 Å². The van der Waals surface area contributed by atoms with Crippen molar-refractivity contribution in [2.75, 3.05) is 25.0 Å². The Morgan fingerprint density at radius 2 is 1.55 bits per heavy atom. The molecule has 1 spiro atoms. The van der Waals surface area contributed by atoms with Gasteiger partial charge in [0.15, 0.2) is 29.6 Å². The molecule has 7 fully saturated rings. The first-order valence-electron chi connectivity index (χ1n) is 28.5. The van der Waals surface area contributed by atoms with Crippen molar-refractivity contribution >= 4 is 52.9 Å². The van der Waals surface area contributed by atoms with E-state index in [9.17, 15) is 69.0 Å². The number of Topliss-reactive ketones (excluding diaryl/α,β-unsaturated/α-hetero) is 1. The highest BCUT2D eigenvalue weighted by Gasteiger charge is 2.76. The van der Waals surface area contributed by atoms with E-state index in [1.807, 2.05) is 25.1 Å². The van der Waals surface area contributed by atoms with Gasteiger partial charge in [-0.3, -0.25) is 33.7 Å². The number of carboxylic acid groups (broad SMARTS) is 1. The Hall–Kier alpha value is -6.70. The quantitative estimate of drug-likeness (QED) is 0.0967. The first kappa shape index (κ1) is 58.1. The molecule has 5 saturated carbocycles. The van der Waals surface area contributed by atoms with Gasteiger partial charge in [-0.25, -0.2) is 9.59 Å². The SMILES string of the molecule is C[C@]12C=CC(=O)C=C1CC[C@@H]1[C@@H]2[C@@H](O)C[C@@]2(C)[C@H]1C[C@H]1O[C@H](c3ccc(CC4CC5(C4)CC(NC(=O)OCc4ccc(O[C@@H]6O[C@H](C(=O)O)[C@@H](O)[C@H](O)[C@H]6O)c(NC(=O)CCNC(=O)CCN6C(=O)C=CC6=O)c4)C5)cc3)O[C@]12C(=O)CO. The summed E-state index contributed by atoms with van der Waals surface area (Å²) in [5.41, 5.74) is 0.659. The van der Waals surface area contributed by atoms with Gasteiger partial charge in [0.2, 0.25) is 18.1 Å². The molecule has 0 unspecified atom stereocenters. The summed E-state index contributed by atoms with van der Waals surface area (Å²) >= 11 is 0. The lowest BCUT2D eigenvalue weighted by Gasteiger charge is -2.59. The van der Waals surface area contributed by atoms with E-state index < -0.39 is 114 Å². The van der Waals surface area contributed by atoms with Crippen molar-refractivity contribution in [1.82, 2.24) is 15.5 Å². The number of carboxylic acids is 1. The molecular formula is C60H70N4O19. The van der Waals surface area contributed by atoms with Gasteiger partial charge in [0, 0.05) is 66.4 Å². The molecular weight excluding hydrogens is 1080 g/mol. The van der Waals surface area contributed by atoms with E-state index in [2.05, 4.69) is 35.0 Å². The zero-order chi connectivity index (χ0) is 58.9. The first-order chi connectivity index (χ1) is 39.5. The number of hydrogen-bond acceptors (Lipinski definition) is 18. The largest absolute Gasteiger partial charge is 0.479 e. The van der Waals surface area contributed by atoms with Gasteiger partial charge in [0.25, 0.3) is 11.8 Å². The van der Waals surface area contributed by atoms with Gasteiger partial charge in [-0.05, 0) is 116 Å². The van der Waals surface area contributed by atoms with Gasteiger partial charge in [-0.1, -0.05) is 55.8 Å². The summed E-state index contributed by atoms with van der Waals surface area (Å²) in [7, 11) is 0. The van der Waals surface area contributed by atoms with Crippen molar-refractivity contribution in [1.29, 1.82) is 0 Å². The third-order valence-electron chi connectivity index (χ3n) is 19.6. The number of allylic oxidation sites excluding steroid dienone is 4. The van der Waals surface area contributed by atoms with Crippen molar-refractivity contribution in [3.63, 3.8) is 0 Å². The highest BCUT2D eigenvalue weighted by atomic mass is 16.7. The molecule has 23 nitrogen and oxygen atoms in total. The molecule has 9 N–H and O–H groups in total. The molecule has 23 heteroatoms. The van der Waals surface area contributed by atoms with Crippen LogP contribution in [0.4, 0.5) is 10.5 Å². The number of carbonyl (C=O) groups excluding carboxylic acids is 7. The third kappa shape index (κ3) is 10.6. The van der Waals surface area contributed by atoms with Crippen LogP contribution in [0.3, 0.4) is 0 Å². The summed E-state index contributed by atoms with van der Waals surface area (Å²) in [6.45, 7) is 2.85. The molecule has 5 amide bonds. The summed E-state index contributed by atoms with van der Waals surface area (Å²) in [5, 5.41) is 71.2. The van der Waals surface area contributed by atoms with E-state index in [0.717, 1.165) is 78.7 Å². The van der Waals surface area contributed by atoms with Crippen LogP contribution >= 0.6 is 0 Å². The lowest BCUT2D eigenvalue weighted by Crippen LogP contribution is -2.63. The van der Waals surface area contributed by atoms with E-state index in [1.54, 1.807) is 12.2 Å². The molecule has 2 aromatic carbocycles. The zero-order valence-electron chi connectivity index (χ0n) is 46.0. The Morgan fingerprint density at radius 3 is 2.27 bits per heavy atom. The Labute approximate surface area is 477 Å². The third-order valence-corrected chi connectivity index (χ3v) is 19.6. The van der Waals surface area contributed by atoms with Crippen LogP contribution in [0.25, 0.3) is 0 Å². The first-order valence-corrected chi connectivity index (χ1v) is 28.5. The maximum Gasteiger partial charge on any atom is 0.407 e. The number of fused-ring (bicyclic) bond motifs is 7. The van der Waals surface area contributed by atoms with Gasteiger partial charge >= 0.3 is 12.1 Å². The van der Waals surface area contributed by atoms with Crippen LogP contribution in [0.2, 0.25) is 0 Å². The summed E-state index contributed by atoms with van der Waals surface area (Å²) in [6.07, 6.45) is 1.18. The van der Waals surface area contributed by atoms with Crippen LogP contribution in [-0.2, 0) is 65.5 Å². The normalized spacial score (nSPS) is 37.3. The van der Waals surface area contributed by atoms with Crippen LogP contribution in [0, 0.1) is 39.9 Å². The fourth-order valence-corrected chi connectivity index (χ4v) is 15.7. The summed E-state index contributed by atoms with van der Waals surface area (Å²) < 4.78 is 30.0. The van der Waals surface area contributed by atoms with Crippen molar-refractivity contribution in [2.24, 2.45) is 39.9 Å². The topological polar surface area (TPSA) is 343 Å². The van der Waals surface area contributed by atoms with E-state index in [-0.39, 0.29) is 79.0 Å². The van der Waals surface area contributed by atoms with Gasteiger partial charge in [0.1, 0.15) is 37.3 Å².